The molecule has 0 aliphatic carbocycles. The summed E-state index contributed by atoms with van der Waals surface area (Å²) in [6, 6.07) is 8.21. The van der Waals surface area contributed by atoms with Crippen LogP contribution in [0.1, 0.15) is 50.8 Å². The number of rotatable bonds is 6. The molecule has 132 valence electrons. The number of nitrogens with zero attached hydrogens (tertiary/aromatic N) is 2. The van der Waals surface area contributed by atoms with E-state index in [1.54, 1.807) is 4.90 Å². The fraction of sp³-hybridized carbons (Fsp3) is 0.579. The normalized spacial score (nSPS) is 16.5. The molecule has 5 nitrogen and oxygen atoms in total. The fourth-order valence-corrected chi connectivity index (χ4v) is 3.23. The molecule has 5 heteroatoms. The van der Waals surface area contributed by atoms with Gasteiger partial charge in [-0.25, -0.2) is 4.79 Å². The Kier molecular flexibility index (Phi) is 6.64. The molecule has 1 N–H and O–H groups in total. The Hall–Kier alpha value is -2.04. The van der Waals surface area contributed by atoms with Crippen molar-refractivity contribution in [3.8, 4) is 0 Å². The zero-order chi connectivity index (χ0) is 17.5. The molecule has 2 rings (SSSR count). The Morgan fingerprint density at radius 1 is 1.29 bits per heavy atom. The van der Waals surface area contributed by atoms with Gasteiger partial charge < -0.3 is 15.1 Å². The molecule has 1 aromatic carbocycles. The van der Waals surface area contributed by atoms with Crippen LogP contribution < -0.4 is 5.32 Å². The van der Waals surface area contributed by atoms with Crippen LogP contribution in [0.25, 0.3) is 0 Å². The highest BCUT2D eigenvalue weighted by Crippen LogP contribution is 2.29. The summed E-state index contributed by atoms with van der Waals surface area (Å²) in [5.74, 6) is 0.0272. The van der Waals surface area contributed by atoms with E-state index in [1.807, 2.05) is 24.0 Å². The number of hydrogen-bond acceptors (Lipinski definition) is 2. The van der Waals surface area contributed by atoms with Crippen LogP contribution in [0.15, 0.2) is 24.3 Å². The average Bonchev–Trinajstić information content (AvgIpc) is 2.59. The van der Waals surface area contributed by atoms with Gasteiger partial charge in [0.15, 0.2) is 0 Å². The number of hydrogen-bond donors (Lipinski definition) is 1. The molecule has 1 aliphatic rings. The van der Waals surface area contributed by atoms with Gasteiger partial charge in [0.25, 0.3) is 0 Å². The van der Waals surface area contributed by atoms with Crippen molar-refractivity contribution in [1.29, 1.82) is 0 Å². The van der Waals surface area contributed by atoms with Gasteiger partial charge in [-0.15, -0.1) is 0 Å². The first-order chi connectivity index (χ1) is 11.6. The third-order valence-electron chi connectivity index (χ3n) is 4.64. The van der Waals surface area contributed by atoms with Crippen LogP contribution in [0.5, 0.6) is 0 Å². The molecule has 0 saturated carbocycles. The number of fused-ring (bicyclic) bond motifs is 1. The van der Waals surface area contributed by atoms with Crippen LogP contribution >= 0.6 is 0 Å². The van der Waals surface area contributed by atoms with Gasteiger partial charge in [-0.3, -0.25) is 4.79 Å². The summed E-state index contributed by atoms with van der Waals surface area (Å²) in [5, 5.41) is 2.81. The minimum absolute atomic E-state index is 0.0272. The first kappa shape index (κ1) is 18.3. The van der Waals surface area contributed by atoms with Crippen molar-refractivity contribution in [1.82, 2.24) is 15.1 Å². The Morgan fingerprint density at radius 2 is 2.04 bits per heavy atom. The number of carbonyl (C=O) groups is 2. The summed E-state index contributed by atoms with van der Waals surface area (Å²) < 4.78 is 0. The number of nitrogens with one attached hydrogen (secondary N) is 1. The second-order valence-electron chi connectivity index (χ2n) is 6.32. The highest BCUT2D eigenvalue weighted by atomic mass is 16.2. The summed E-state index contributed by atoms with van der Waals surface area (Å²) in [7, 11) is 0. The number of urea groups is 1. The lowest BCUT2D eigenvalue weighted by molar-refractivity contribution is -0.134. The van der Waals surface area contributed by atoms with E-state index in [0.29, 0.717) is 19.6 Å². The molecular weight excluding hydrogens is 302 g/mol. The first-order valence-corrected chi connectivity index (χ1v) is 8.98. The van der Waals surface area contributed by atoms with Crippen LogP contribution in [0.3, 0.4) is 0 Å². The molecule has 1 atom stereocenters. The third kappa shape index (κ3) is 4.28. The first-order valence-electron chi connectivity index (χ1n) is 8.98. The molecule has 0 saturated heterocycles. The highest BCUT2D eigenvalue weighted by molar-refractivity contribution is 5.84. The van der Waals surface area contributed by atoms with E-state index in [4.69, 9.17) is 0 Å². The largest absolute Gasteiger partial charge is 0.338 e. The third-order valence-corrected chi connectivity index (χ3v) is 4.64. The second kappa shape index (κ2) is 8.71. The molecule has 0 aromatic heterocycles. The van der Waals surface area contributed by atoms with Crippen LogP contribution in [-0.2, 0) is 11.2 Å². The number of carbonyl (C=O) groups excluding carboxylic acids is 2. The quantitative estimate of drug-likeness (QED) is 0.871. The number of unbranched alkanes of at least 4 members (excludes halogenated alkanes) is 1. The summed E-state index contributed by atoms with van der Waals surface area (Å²) in [5.41, 5.74) is 2.54. The van der Waals surface area contributed by atoms with E-state index in [2.05, 4.69) is 31.3 Å². The molecule has 24 heavy (non-hydrogen) atoms. The van der Waals surface area contributed by atoms with E-state index >= 15 is 0 Å². The lowest BCUT2D eigenvalue weighted by Crippen LogP contribution is -2.48. The Morgan fingerprint density at radius 3 is 2.75 bits per heavy atom. The second-order valence-corrected chi connectivity index (χ2v) is 6.32. The smallest absolute Gasteiger partial charge is 0.317 e. The number of amides is 3. The van der Waals surface area contributed by atoms with Crippen molar-refractivity contribution in [2.24, 2.45) is 0 Å². The van der Waals surface area contributed by atoms with E-state index in [0.717, 1.165) is 19.3 Å². The molecule has 3 amide bonds. The van der Waals surface area contributed by atoms with Crippen molar-refractivity contribution in [3.63, 3.8) is 0 Å². The highest BCUT2D eigenvalue weighted by Gasteiger charge is 2.29. The van der Waals surface area contributed by atoms with Gasteiger partial charge in [-0.1, -0.05) is 37.6 Å². The van der Waals surface area contributed by atoms with Crippen molar-refractivity contribution < 1.29 is 9.59 Å². The fourth-order valence-electron chi connectivity index (χ4n) is 3.23. The van der Waals surface area contributed by atoms with Gasteiger partial charge in [-0.05, 0) is 37.8 Å². The van der Waals surface area contributed by atoms with Gasteiger partial charge in [0, 0.05) is 19.6 Å². The molecule has 0 bridgehead atoms. The Labute approximate surface area is 145 Å². The molecule has 1 aromatic rings. The molecule has 1 unspecified atom stereocenters. The maximum atomic E-state index is 12.8. The zero-order valence-corrected chi connectivity index (χ0v) is 15.0. The standard InChI is InChI=1S/C19H29N3O2/c1-4-6-12-21(19(24)20-5-2)14-18(23)22-13-11-16-9-7-8-10-17(16)15(22)3/h7-10,15H,4-6,11-14H2,1-3H3,(H,20,24). The summed E-state index contributed by atoms with van der Waals surface area (Å²) >= 11 is 0. The molecule has 1 heterocycles. The Balaban J connectivity index is 2.05. The van der Waals surface area contributed by atoms with Crippen LogP contribution in [0, 0.1) is 0 Å². The Bertz CT molecular complexity index is 573. The van der Waals surface area contributed by atoms with Crippen LogP contribution in [0.2, 0.25) is 0 Å². The van der Waals surface area contributed by atoms with Gasteiger partial charge >= 0.3 is 6.03 Å². The van der Waals surface area contributed by atoms with Crippen molar-refractivity contribution in [2.75, 3.05) is 26.2 Å². The zero-order valence-electron chi connectivity index (χ0n) is 15.0. The van der Waals surface area contributed by atoms with Crippen molar-refractivity contribution in [3.05, 3.63) is 35.4 Å². The monoisotopic (exact) mass is 331 g/mol. The topological polar surface area (TPSA) is 52.7 Å². The maximum Gasteiger partial charge on any atom is 0.317 e. The lowest BCUT2D eigenvalue weighted by atomic mass is 9.93. The van der Waals surface area contributed by atoms with E-state index < -0.39 is 0 Å². The molecular formula is C19H29N3O2. The van der Waals surface area contributed by atoms with E-state index in [1.165, 1.54) is 11.1 Å². The minimum atomic E-state index is -0.149. The predicted molar refractivity (Wildman–Crippen MR) is 95.8 cm³/mol. The maximum absolute atomic E-state index is 12.8. The van der Waals surface area contributed by atoms with E-state index in [-0.39, 0.29) is 24.5 Å². The van der Waals surface area contributed by atoms with Crippen molar-refractivity contribution in [2.45, 2.75) is 46.1 Å². The van der Waals surface area contributed by atoms with Crippen molar-refractivity contribution >= 4 is 11.9 Å². The van der Waals surface area contributed by atoms with Crippen LogP contribution in [-0.4, -0.2) is 47.9 Å². The van der Waals surface area contributed by atoms with Gasteiger partial charge in [0.1, 0.15) is 6.54 Å². The lowest BCUT2D eigenvalue weighted by Gasteiger charge is -2.36. The molecule has 0 radical (unpaired) electrons. The molecule has 0 fully saturated rings. The average molecular weight is 331 g/mol. The number of benzene rings is 1. The van der Waals surface area contributed by atoms with Gasteiger partial charge in [-0.2, -0.15) is 0 Å². The SMILES string of the molecule is CCCCN(CC(=O)N1CCc2ccccc2C1C)C(=O)NCC. The minimum Gasteiger partial charge on any atom is -0.338 e. The molecule has 1 aliphatic heterocycles. The summed E-state index contributed by atoms with van der Waals surface area (Å²) in [6.07, 6.45) is 2.78. The van der Waals surface area contributed by atoms with Gasteiger partial charge in [0.2, 0.25) is 5.91 Å². The molecule has 0 spiro atoms. The summed E-state index contributed by atoms with van der Waals surface area (Å²) in [6.45, 7) is 8.10. The van der Waals surface area contributed by atoms with Gasteiger partial charge in [0.05, 0.1) is 6.04 Å². The summed E-state index contributed by atoms with van der Waals surface area (Å²) in [4.78, 5) is 28.5. The van der Waals surface area contributed by atoms with Crippen LogP contribution in [0.4, 0.5) is 4.79 Å². The van der Waals surface area contributed by atoms with E-state index in [9.17, 15) is 9.59 Å². The predicted octanol–water partition coefficient (Wildman–Crippen LogP) is 2.96.